The molecule has 4 unspecified atom stereocenters. The van der Waals surface area contributed by atoms with Gasteiger partial charge in [0.05, 0.1) is 0 Å². The van der Waals surface area contributed by atoms with E-state index in [2.05, 4.69) is 44.8 Å². The van der Waals surface area contributed by atoms with Crippen LogP contribution in [0.25, 0.3) is 0 Å². The number of hydrogen-bond donors (Lipinski definition) is 1. The number of rotatable bonds is 4. The molecule has 0 aromatic rings. The average molecular weight is 255 g/mol. The summed E-state index contributed by atoms with van der Waals surface area (Å²) >= 11 is 2.16. The van der Waals surface area contributed by atoms with Crippen LogP contribution in [0.5, 0.6) is 0 Å². The Morgan fingerprint density at radius 1 is 1.24 bits per heavy atom. The Hall–Kier alpha value is 0.310. The van der Waals surface area contributed by atoms with Crippen LogP contribution < -0.4 is 5.32 Å². The molecule has 0 saturated heterocycles. The zero-order chi connectivity index (χ0) is 12.5. The second-order valence-electron chi connectivity index (χ2n) is 6.91. The maximum absolute atomic E-state index is 3.96. The maximum atomic E-state index is 3.96. The van der Waals surface area contributed by atoms with Gasteiger partial charge in [-0.05, 0) is 49.2 Å². The molecule has 100 valence electrons. The lowest BCUT2D eigenvalue weighted by Gasteiger charge is -2.23. The van der Waals surface area contributed by atoms with Gasteiger partial charge in [-0.1, -0.05) is 27.7 Å². The Balaban J connectivity index is 1.79. The summed E-state index contributed by atoms with van der Waals surface area (Å²) in [5, 5.41) is 4.89. The number of hydrogen-bond acceptors (Lipinski definition) is 2. The second kappa shape index (κ2) is 5.52. The topological polar surface area (TPSA) is 12.0 Å². The zero-order valence-corrected chi connectivity index (χ0v) is 12.8. The van der Waals surface area contributed by atoms with E-state index in [1.54, 1.807) is 0 Å². The van der Waals surface area contributed by atoms with E-state index in [9.17, 15) is 0 Å². The van der Waals surface area contributed by atoms with E-state index >= 15 is 0 Å². The van der Waals surface area contributed by atoms with E-state index < -0.39 is 0 Å². The summed E-state index contributed by atoms with van der Waals surface area (Å²) in [5.41, 5.74) is 0.563. The summed E-state index contributed by atoms with van der Waals surface area (Å²) in [6.07, 6.45) is 7.00. The molecule has 0 bridgehead atoms. The molecule has 1 nitrogen and oxygen atoms in total. The van der Waals surface area contributed by atoms with Gasteiger partial charge in [0, 0.05) is 17.3 Å². The first-order valence-electron chi connectivity index (χ1n) is 7.38. The van der Waals surface area contributed by atoms with Crippen LogP contribution in [0.2, 0.25) is 0 Å². The molecule has 1 N–H and O–H groups in total. The standard InChI is InChI=1S/C15H29NS/c1-5-17-13-7-6-12(8-13)16-14-10-15(3,4)9-11(14)2/h11-14,16H,5-10H2,1-4H3. The third-order valence-corrected chi connectivity index (χ3v) is 5.80. The predicted molar refractivity (Wildman–Crippen MR) is 78.7 cm³/mol. The Labute approximate surface area is 112 Å². The monoisotopic (exact) mass is 255 g/mol. The van der Waals surface area contributed by atoms with Crippen LogP contribution in [-0.2, 0) is 0 Å². The SMILES string of the molecule is CCSC1CCC(NC2CC(C)(C)CC2C)C1. The smallest absolute Gasteiger partial charge is 0.0101 e. The largest absolute Gasteiger partial charge is 0.311 e. The molecule has 2 fully saturated rings. The molecule has 0 radical (unpaired) electrons. The molecule has 2 rings (SSSR count). The van der Waals surface area contributed by atoms with Gasteiger partial charge in [-0.15, -0.1) is 0 Å². The zero-order valence-electron chi connectivity index (χ0n) is 12.0. The minimum absolute atomic E-state index is 0.563. The van der Waals surface area contributed by atoms with Gasteiger partial charge in [0.25, 0.3) is 0 Å². The lowest BCUT2D eigenvalue weighted by molar-refractivity contribution is 0.351. The number of nitrogens with one attached hydrogen (secondary N) is 1. The quantitative estimate of drug-likeness (QED) is 0.812. The highest BCUT2D eigenvalue weighted by Crippen LogP contribution is 2.41. The summed E-state index contributed by atoms with van der Waals surface area (Å²) in [4.78, 5) is 0. The molecule has 17 heavy (non-hydrogen) atoms. The van der Waals surface area contributed by atoms with E-state index in [4.69, 9.17) is 0 Å². The van der Waals surface area contributed by atoms with Crippen molar-refractivity contribution in [1.82, 2.24) is 5.32 Å². The molecule has 4 atom stereocenters. The lowest BCUT2D eigenvalue weighted by atomic mass is 9.91. The van der Waals surface area contributed by atoms with Crippen LogP contribution in [0.3, 0.4) is 0 Å². The fraction of sp³-hybridized carbons (Fsp3) is 1.00. The molecule has 0 aromatic heterocycles. The van der Waals surface area contributed by atoms with Gasteiger partial charge in [0.2, 0.25) is 0 Å². The molecule has 0 heterocycles. The van der Waals surface area contributed by atoms with Crippen molar-refractivity contribution in [3.8, 4) is 0 Å². The fourth-order valence-electron chi connectivity index (χ4n) is 3.90. The van der Waals surface area contributed by atoms with Gasteiger partial charge in [-0.2, -0.15) is 11.8 Å². The van der Waals surface area contributed by atoms with Crippen molar-refractivity contribution in [3.05, 3.63) is 0 Å². The molecule has 2 aliphatic rings. The van der Waals surface area contributed by atoms with Gasteiger partial charge in [-0.25, -0.2) is 0 Å². The van der Waals surface area contributed by atoms with Gasteiger partial charge in [0.15, 0.2) is 0 Å². The highest BCUT2D eigenvalue weighted by molar-refractivity contribution is 7.99. The highest BCUT2D eigenvalue weighted by atomic mass is 32.2. The lowest BCUT2D eigenvalue weighted by Crippen LogP contribution is -2.38. The summed E-state index contributed by atoms with van der Waals surface area (Å²) in [7, 11) is 0. The van der Waals surface area contributed by atoms with Crippen LogP contribution in [0.1, 0.15) is 59.8 Å². The normalized spacial score (nSPS) is 40.9. The van der Waals surface area contributed by atoms with E-state index in [1.165, 1.54) is 37.9 Å². The first kappa shape index (κ1) is 13.7. The van der Waals surface area contributed by atoms with Gasteiger partial charge in [-0.3, -0.25) is 0 Å². The molecule has 0 spiro atoms. The number of thioether (sulfide) groups is 1. The van der Waals surface area contributed by atoms with E-state index in [-0.39, 0.29) is 0 Å². The molecule has 0 aliphatic heterocycles. The van der Waals surface area contributed by atoms with Crippen LogP contribution >= 0.6 is 11.8 Å². The van der Waals surface area contributed by atoms with Crippen molar-refractivity contribution in [2.45, 2.75) is 77.1 Å². The molecule has 0 aromatic carbocycles. The van der Waals surface area contributed by atoms with Crippen LogP contribution in [-0.4, -0.2) is 23.1 Å². The predicted octanol–water partition coefficient (Wildman–Crippen LogP) is 4.07. The Bertz CT molecular complexity index is 251. The van der Waals surface area contributed by atoms with E-state index in [0.29, 0.717) is 5.41 Å². The fourth-order valence-corrected chi connectivity index (χ4v) is 5.04. The van der Waals surface area contributed by atoms with Crippen LogP contribution in [0.15, 0.2) is 0 Å². The van der Waals surface area contributed by atoms with Crippen molar-refractivity contribution in [2.75, 3.05) is 5.75 Å². The molecule has 2 saturated carbocycles. The summed E-state index contributed by atoms with van der Waals surface area (Å²) in [6, 6.07) is 1.58. The van der Waals surface area contributed by atoms with Crippen molar-refractivity contribution in [3.63, 3.8) is 0 Å². The van der Waals surface area contributed by atoms with Crippen molar-refractivity contribution < 1.29 is 0 Å². The first-order valence-corrected chi connectivity index (χ1v) is 8.42. The maximum Gasteiger partial charge on any atom is 0.0101 e. The minimum Gasteiger partial charge on any atom is -0.311 e. The summed E-state index contributed by atoms with van der Waals surface area (Å²) < 4.78 is 0. The van der Waals surface area contributed by atoms with Crippen LogP contribution in [0, 0.1) is 11.3 Å². The molecular weight excluding hydrogens is 226 g/mol. The summed E-state index contributed by atoms with van der Waals surface area (Å²) in [5.74, 6) is 2.15. The third-order valence-electron chi connectivity index (χ3n) is 4.57. The first-order chi connectivity index (χ1) is 8.00. The Kier molecular flexibility index (Phi) is 4.46. The van der Waals surface area contributed by atoms with E-state index in [0.717, 1.165) is 23.3 Å². The molecule has 0 amide bonds. The van der Waals surface area contributed by atoms with Crippen molar-refractivity contribution >= 4 is 11.8 Å². The molecule has 2 aliphatic carbocycles. The van der Waals surface area contributed by atoms with Crippen molar-refractivity contribution in [1.29, 1.82) is 0 Å². The van der Waals surface area contributed by atoms with Gasteiger partial charge >= 0.3 is 0 Å². The molecule has 2 heteroatoms. The van der Waals surface area contributed by atoms with Crippen molar-refractivity contribution in [2.24, 2.45) is 11.3 Å². The third kappa shape index (κ3) is 3.64. The molecular formula is C15H29NS. The second-order valence-corrected chi connectivity index (χ2v) is 8.49. The highest BCUT2D eigenvalue weighted by Gasteiger charge is 2.38. The van der Waals surface area contributed by atoms with Gasteiger partial charge < -0.3 is 5.32 Å². The Morgan fingerprint density at radius 2 is 2.00 bits per heavy atom. The van der Waals surface area contributed by atoms with Gasteiger partial charge in [0.1, 0.15) is 0 Å². The summed E-state index contributed by atoms with van der Waals surface area (Å²) in [6.45, 7) is 9.57. The minimum atomic E-state index is 0.563. The van der Waals surface area contributed by atoms with Crippen LogP contribution in [0.4, 0.5) is 0 Å². The average Bonchev–Trinajstić information content (AvgIpc) is 2.73. The Morgan fingerprint density at radius 3 is 2.59 bits per heavy atom. The van der Waals surface area contributed by atoms with E-state index in [1.807, 2.05) is 0 Å².